The van der Waals surface area contributed by atoms with E-state index in [-0.39, 0.29) is 11.5 Å². The number of amides is 1. The number of nitrogens with zero attached hydrogens (tertiary/aromatic N) is 2. The molecule has 5 rings (SSSR count). The van der Waals surface area contributed by atoms with Crippen molar-refractivity contribution in [2.45, 2.75) is 69.4 Å². The number of carbonyl (C=O) groups excluding carboxylic acids is 1. The molecule has 3 aliphatic rings. The second-order valence-corrected chi connectivity index (χ2v) is 9.71. The van der Waals surface area contributed by atoms with Gasteiger partial charge in [0.05, 0.1) is 22.5 Å². The molecule has 1 aliphatic heterocycles. The Labute approximate surface area is 196 Å². The SMILES string of the molecule is C[C@@H](Oc1cnc(C2CC2)c(Cl)c1)c1cc(F)c(C(=O)N2CCCC2C(=O)O)cc1C1CC1. The molecule has 0 bridgehead atoms. The number of rotatable bonds is 7. The number of ether oxygens (including phenoxy) is 1. The monoisotopic (exact) mass is 472 g/mol. The number of benzene rings is 1. The first-order valence-electron chi connectivity index (χ1n) is 11.5. The summed E-state index contributed by atoms with van der Waals surface area (Å²) in [5.41, 5.74) is 2.39. The standard InChI is InChI=1S/C25H26ClFN2O4/c1-13(33-16-9-20(26)23(28-12-16)15-6-7-15)17-11-21(27)19(10-18(17)14-4-5-14)24(30)29-8-2-3-22(29)25(31)32/h9-15,22H,2-8H2,1H3,(H,31,32)/t13-,22?/m1/s1. The van der Waals surface area contributed by atoms with Crippen molar-refractivity contribution in [3.05, 3.63) is 57.6 Å². The van der Waals surface area contributed by atoms with Crippen molar-refractivity contribution in [1.29, 1.82) is 0 Å². The number of aliphatic carboxylic acids is 1. The van der Waals surface area contributed by atoms with Crippen molar-refractivity contribution in [3.63, 3.8) is 0 Å². The van der Waals surface area contributed by atoms with Gasteiger partial charge in [-0.05, 0) is 74.6 Å². The summed E-state index contributed by atoms with van der Waals surface area (Å²) in [6.45, 7) is 2.16. The van der Waals surface area contributed by atoms with Gasteiger partial charge >= 0.3 is 5.97 Å². The quantitative estimate of drug-likeness (QED) is 0.579. The van der Waals surface area contributed by atoms with Crippen LogP contribution in [0.1, 0.15) is 90.6 Å². The van der Waals surface area contributed by atoms with Crippen LogP contribution in [-0.2, 0) is 4.79 Å². The number of halogens is 2. The van der Waals surface area contributed by atoms with Crippen molar-refractivity contribution >= 4 is 23.5 Å². The van der Waals surface area contributed by atoms with E-state index in [1.165, 1.54) is 11.0 Å². The van der Waals surface area contributed by atoms with Crippen LogP contribution in [0.4, 0.5) is 4.39 Å². The Morgan fingerprint density at radius 1 is 1.18 bits per heavy atom. The second kappa shape index (κ2) is 8.60. The molecule has 3 fully saturated rings. The molecule has 33 heavy (non-hydrogen) atoms. The third kappa shape index (κ3) is 4.43. The van der Waals surface area contributed by atoms with Gasteiger partial charge in [0.15, 0.2) is 0 Å². The van der Waals surface area contributed by atoms with E-state index >= 15 is 4.39 Å². The third-order valence-electron chi connectivity index (χ3n) is 6.78. The first kappa shape index (κ1) is 22.1. The van der Waals surface area contributed by atoms with E-state index in [9.17, 15) is 14.7 Å². The van der Waals surface area contributed by atoms with Gasteiger partial charge in [0.1, 0.15) is 23.7 Å². The van der Waals surface area contributed by atoms with E-state index < -0.39 is 29.8 Å². The minimum Gasteiger partial charge on any atom is -0.484 e. The molecule has 0 radical (unpaired) electrons. The summed E-state index contributed by atoms with van der Waals surface area (Å²) in [7, 11) is 0. The van der Waals surface area contributed by atoms with Crippen LogP contribution in [0.15, 0.2) is 24.4 Å². The number of carboxylic acid groups (broad SMARTS) is 1. The largest absolute Gasteiger partial charge is 0.484 e. The molecule has 1 N–H and O–H groups in total. The molecule has 2 aromatic rings. The van der Waals surface area contributed by atoms with Crippen LogP contribution in [0, 0.1) is 5.82 Å². The number of carbonyl (C=O) groups is 2. The smallest absolute Gasteiger partial charge is 0.326 e. The lowest BCUT2D eigenvalue weighted by Gasteiger charge is -2.24. The van der Waals surface area contributed by atoms with Gasteiger partial charge in [0.25, 0.3) is 5.91 Å². The first-order chi connectivity index (χ1) is 15.8. The van der Waals surface area contributed by atoms with Gasteiger partial charge in [-0.2, -0.15) is 0 Å². The lowest BCUT2D eigenvalue weighted by atomic mass is 9.95. The zero-order valence-corrected chi connectivity index (χ0v) is 19.1. The van der Waals surface area contributed by atoms with E-state index in [0.717, 1.165) is 36.9 Å². The summed E-state index contributed by atoms with van der Waals surface area (Å²) in [4.78, 5) is 30.3. The van der Waals surface area contributed by atoms with Gasteiger partial charge < -0.3 is 14.7 Å². The molecule has 1 amide bonds. The fourth-order valence-corrected chi connectivity index (χ4v) is 5.02. The van der Waals surface area contributed by atoms with Gasteiger partial charge in [-0.3, -0.25) is 9.78 Å². The van der Waals surface area contributed by atoms with Gasteiger partial charge in [0.2, 0.25) is 0 Å². The summed E-state index contributed by atoms with van der Waals surface area (Å²) in [5, 5.41) is 9.99. The Morgan fingerprint density at radius 2 is 1.91 bits per heavy atom. The average molecular weight is 473 g/mol. The number of likely N-dealkylation sites (tertiary alicyclic amines) is 1. The van der Waals surface area contributed by atoms with Crippen LogP contribution < -0.4 is 4.74 Å². The Morgan fingerprint density at radius 3 is 2.55 bits per heavy atom. The molecule has 2 aliphatic carbocycles. The van der Waals surface area contributed by atoms with E-state index in [2.05, 4.69) is 4.98 Å². The van der Waals surface area contributed by atoms with Crippen LogP contribution in [0.5, 0.6) is 5.75 Å². The molecule has 1 aromatic heterocycles. The Balaban J connectivity index is 1.41. The van der Waals surface area contributed by atoms with Crippen LogP contribution in [0.3, 0.4) is 0 Å². The van der Waals surface area contributed by atoms with Crippen molar-refractivity contribution in [3.8, 4) is 5.75 Å². The Hall–Kier alpha value is -2.67. The number of carboxylic acids is 1. The summed E-state index contributed by atoms with van der Waals surface area (Å²) < 4.78 is 21.2. The molecule has 8 heteroatoms. The fourth-order valence-electron chi connectivity index (χ4n) is 4.71. The molecule has 6 nitrogen and oxygen atoms in total. The van der Waals surface area contributed by atoms with Crippen molar-refractivity contribution in [2.75, 3.05) is 6.54 Å². The third-order valence-corrected chi connectivity index (χ3v) is 7.08. The highest BCUT2D eigenvalue weighted by Gasteiger charge is 2.37. The number of aromatic nitrogens is 1. The lowest BCUT2D eigenvalue weighted by molar-refractivity contribution is -0.141. The minimum atomic E-state index is -1.05. The molecule has 1 saturated heterocycles. The van der Waals surface area contributed by atoms with Crippen LogP contribution >= 0.6 is 11.6 Å². The summed E-state index contributed by atoms with van der Waals surface area (Å²) in [5.74, 6) is -1.09. The molecular formula is C25H26ClFN2O4. The summed E-state index contributed by atoms with van der Waals surface area (Å²) >= 11 is 6.38. The fraction of sp³-hybridized carbons (Fsp3) is 0.480. The maximum atomic E-state index is 15.2. The van der Waals surface area contributed by atoms with E-state index in [1.807, 2.05) is 6.92 Å². The molecule has 0 spiro atoms. The van der Waals surface area contributed by atoms with Crippen molar-refractivity contribution < 1.29 is 23.8 Å². The van der Waals surface area contributed by atoms with E-state index in [0.29, 0.717) is 41.6 Å². The highest BCUT2D eigenvalue weighted by molar-refractivity contribution is 6.31. The average Bonchev–Trinajstić information content (AvgIpc) is 3.71. The zero-order valence-electron chi connectivity index (χ0n) is 18.4. The Bertz CT molecular complexity index is 1120. The minimum absolute atomic E-state index is 0.0699. The maximum absolute atomic E-state index is 15.2. The Kier molecular flexibility index (Phi) is 5.77. The number of pyridine rings is 1. The number of hydrogen-bond donors (Lipinski definition) is 1. The van der Waals surface area contributed by atoms with Crippen LogP contribution in [0.25, 0.3) is 0 Å². The number of hydrogen-bond acceptors (Lipinski definition) is 4. The first-order valence-corrected chi connectivity index (χ1v) is 11.9. The van der Waals surface area contributed by atoms with Crippen LogP contribution in [-0.4, -0.2) is 39.5 Å². The van der Waals surface area contributed by atoms with E-state index in [4.69, 9.17) is 16.3 Å². The molecule has 2 saturated carbocycles. The van der Waals surface area contributed by atoms with Gasteiger partial charge in [-0.15, -0.1) is 0 Å². The van der Waals surface area contributed by atoms with Gasteiger partial charge in [-0.25, -0.2) is 9.18 Å². The lowest BCUT2D eigenvalue weighted by Crippen LogP contribution is -2.40. The highest BCUT2D eigenvalue weighted by atomic mass is 35.5. The normalized spacial score (nSPS) is 21.2. The predicted molar refractivity (Wildman–Crippen MR) is 120 cm³/mol. The molecule has 2 heterocycles. The second-order valence-electron chi connectivity index (χ2n) is 9.30. The molecule has 174 valence electrons. The van der Waals surface area contributed by atoms with Gasteiger partial charge in [0, 0.05) is 18.5 Å². The molecule has 2 atom stereocenters. The topological polar surface area (TPSA) is 79.7 Å². The van der Waals surface area contributed by atoms with E-state index in [1.54, 1.807) is 18.3 Å². The molecular weight excluding hydrogens is 447 g/mol. The maximum Gasteiger partial charge on any atom is 0.326 e. The zero-order chi connectivity index (χ0) is 23.3. The van der Waals surface area contributed by atoms with Crippen molar-refractivity contribution in [2.24, 2.45) is 0 Å². The van der Waals surface area contributed by atoms with Crippen molar-refractivity contribution in [1.82, 2.24) is 9.88 Å². The molecule has 1 aromatic carbocycles. The van der Waals surface area contributed by atoms with Gasteiger partial charge in [-0.1, -0.05) is 11.6 Å². The molecule has 1 unspecified atom stereocenters. The predicted octanol–water partition coefficient (Wildman–Crippen LogP) is 5.46. The highest BCUT2D eigenvalue weighted by Crippen LogP contribution is 2.45. The van der Waals surface area contributed by atoms with Crippen LogP contribution in [0.2, 0.25) is 5.02 Å². The summed E-state index contributed by atoms with van der Waals surface area (Å²) in [6, 6.07) is 3.82. The summed E-state index contributed by atoms with van der Waals surface area (Å²) in [6.07, 6.45) is 6.29.